The Labute approximate surface area is 206 Å². The maximum Gasteiger partial charge on any atom is 0.230 e. The zero-order valence-electron chi connectivity index (χ0n) is 18.9. The number of aromatic nitrogens is 2. The van der Waals surface area contributed by atoms with Gasteiger partial charge in [-0.15, -0.1) is 10.2 Å². The second-order valence-corrected chi connectivity index (χ2v) is 9.80. The van der Waals surface area contributed by atoms with Gasteiger partial charge < -0.3 is 24.3 Å². The second kappa shape index (κ2) is 11.9. The lowest BCUT2D eigenvalue weighted by atomic mass is 10.1. The molecule has 34 heavy (non-hydrogen) atoms. The molecule has 1 fully saturated rings. The van der Waals surface area contributed by atoms with Gasteiger partial charge in [-0.3, -0.25) is 9.59 Å². The van der Waals surface area contributed by atoms with Crippen LogP contribution in [0.5, 0.6) is 5.75 Å². The molecule has 0 aliphatic carbocycles. The average Bonchev–Trinajstić information content (AvgIpc) is 3.55. The van der Waals surface area contributed by atoms with Crippen molar-refractivity contribution in [2.75, 3.05) is 43.4 Å². The van der Waals surface area contributed by atoms with Crippen molar-refractivity contribution in [3.8, 4) is 5.75 Å². The van der Waals surface area contributed by atoms with Gasteiger partial charge in [0.05, 0.1) is 31.6 Å². The minimum Gasteiger partial charge on any atom is -0.494 e. The molecular weight excluding hydrogens is 474 g/mol. The predicted molar refractivity (Wildman–Crippen MR) is 131 cm³/mol. The summed E-state index contributed by atoms with van der Waals surface area (Å²) in [5.74, 6) is 1.84. The largest absolute Gasteiger partial charge is 0.494 e. The van der Waals surface area contributed by atoms with Gasteiger partial charge in [0.2, 0.25) is 16.9 Å². The average molecular weight is 502 g/mol. The summed E-state index contributed by atoms with van der Waals surface area (Å²) >= 11 is 2.83. The van der Waals surface area contributed by atoms with Crippen LogP contribution in [-0.4, -0.2) is 65.5 Å². The molecule has 9 nitrogen and oxygen atoms in total. The summed E-state index contributed by atoms with van der Waals surface area (Å²) in [5.41, 5.74) is 0.981. The van der Waals surface area contributed by atoms with E-state index >= 15 is 0 Å². The standard InChI is InChI=1S/C23H27N5O4S2/c1-2-31-18-7-5-17(6-8-18)14-21(30)27-9-11-28(12-10-27)22-25-26-23(34-22)33-16-20(29)24-15-19-4-3-13-32-19/h3-8,13H,2,9-12,14-16H2,1H3,(H,24,29). The molecule has 1 saturated heterocycles. The Balaban J connectivity index is 1.19. The molecule has 1 aromatic carbocycles. The Kier molecular flexibility index (Phi) is 8.42. The monoisotopic (exact) mass is 501 g/mol. The highest BCUT2D eigenvalue weighted by Gasteiger charge is 2.23. The van der Waals surface area contributed by atoms with Crippen LogP contribution in [0.4, 0.5) is 5.13 Å². The minimum absolute atomic E-state index is 0.0854. The van der Waals surface area contributed by atoms with Crippen molar-refractivity contribution in [3.05, 3.63) is 54.0 Å². The highest BCUT2D eigenvalue weighted by molar-refractivity contribution is 8.01. The topological polar surface area (TPSA) is 101 Å². The molecule has 3 aromatic rings. The third-order valence-electron chi connectivity index (χ3n) is 5.26. The van der Waals surface area contributed by atoms with Crippen LogP contribution in [0.3, 0.4) is 0 Å². The van der Waals surface area contributed by atoms with Gasteiger partial charge in [0.25, 0.3) is 0 Å². The molecule has 4 rings (SSSR count). The summed E-state index contributed by atoms with van der Waals surface area (Å²) in [6.07, 6.45) is 1.96. The second-order valence-electron chi connectivity index (χ2n) is 7.62. The number of piperazine rings is 1. The summed E-state index contributed by atoms with van der Waals surface area (Å²) in [6, 6.07) is 11.3. The van der Waals surface area contributed by atoms with E-state index in [1.54, 1.807) is 12.3 Å². The number of carbonyl (C=O) groups is 2. The van der Waals surface area contributed by atoms with E-state index in [1.165, 1.54) is 23.1 Å². The van der Waals surface area contributed by atoms with Gasteiger partial charge in [0, 0.05) is 26.2 Å². The smallest absolute Gasteiger partial charge is 0.230 e. The first kappa shape index (κ1) is 24.1. The van der Waals surface area contributed by atoms with Gasteiger partial charge in [0.15, 0.2) is 4.34 Å². The number of ether oxygens (including phenoxy) is 1. The van der Waals surface area contributed by atoms with Crippen LogP contribution in [0.25, 0.3) is 0 Å². The lowest BCUT2D eigenvalue weighted by Crippen LogP contribution is -2.49. The maximum atomic E-state index is 12.7. The highest BCUT2D eigenvalue weighted by Crippen LogP contribution is 2.28. The lowest BCUT2D eigenvalue weighted by Gasteiger charge is -2.34. The van der Waals surface area contributed by atoms with Gasteiger partial charge in [-0.2, -0.15) is 0 Å². The first-order chi connectivity index (χ1) is 16.6. The van der Waals surface area contributed by atoms with Crippen LogP contribution in [-0.2, 0) is 22.6 Å². The van der Waals surface area contributed by atoms with Crippen LogP contribution < -0.4 is 15.0 Å². The van der Waals surface area contributed by atoms with Gasteiger partial charge in [-0.25, -0.2) is 0 Å². The van der Waals surface area contributed by atoms with E-state index in [-0.39, 0.29) is 17.6 Å². The number of hydrogen-bond donors (Lipinski definition) is 1. The normalized spacial score (nSPS) is 13.7. The summed E-state index contributed by atoms with van der Waals surface area (Å²) < 4.78 is 11.4. The van der Waals surface area contributed by atoms with Gasteiger partial charge >= 0.3 is 0 Å². The number of anilines is 1. The van der Waals surface area contributed by atoms with Crippen LogP contribution in [0, 0.1) is 0 Å². The van der Waals surface area contributed by atoms with Crippen molar-refractivity contribution in [1.29, 1.82) is 0 Å². The first-order valence-electron chi connectivity index (χ1n) is 11.1. The highest BCUT2D eigenvalue weighted by atomic mass is 32.2. The van der Waals surface area contributed by atoms with E-state index in [0.717, 1.165) is 20.8 Å². The SMILES string of the molecule is CCOc1ccc(CC(=O)N2CCN(c3nnc(SCC(=O)NCc4ccco4)s3)CC2)cc1. The Morgan fingerprint density at radius 1 is 1.15 bits per heavy atom. The minimum atomic E-state index is -0.0854. The van der Waals surface area contributed by atoms with E-state index in [9.17, 15) is 9.59 Å². The van der Waals surface area contributed by atoms with Gasteiger partial charge in [0.1, 0.15) is 11.5 Å². The summed E-state index contributed by atoms with van der Waals surface area (Å²) in [6.45, 7) is 5.65. The van der Waals surface area contributed by atoms with Gasteiger partial charge in [-0.05, 0) is 36.8 Å². The number of nitrogens with one attached hydrogen (secondary N) is 1. The molecule has 1 N–H and O–H groups in total. The molecule has 0 spiro atoms. The molecule has 2 amide bonds. The predicted octanol–water partition coefficient (Wildman–Crippen LogP) is 2.83. The van der Waals surface area contributed by atoms with Gasteiger partial charge in [-0.1, -0.05) is 35.2 Å². The number of amides is 2. The number of rotatable bonds is 10. The van der Waals surface area contributed by atoms with Crippen molar-refractivity contribution in [2.24, 2.45) is 0 Å². The van der Waals surface area contributed by atoms with Crippen molar-refractivity contribution in [1.82, 2.24) is 20.4 Å². The Hall–Kier alpha value is -3.05. The number of benzene rings is 1. The molecule has 11 heteroatoms. The molecule has 0 saturated carbocycles. The molecular formula is C23H27N5O4S2. The van der Waals surface area contributed by atoms with Crippen LogP contribution >= 0.6 is 23.1 Å². The fourth-order valence-electron chi connectivity index (χ4n) is 3.47. The lowest BCUT2D eigenvalue weighted by molar-refractivity contribution is -0.130. The molecule has 1 aliphatic heterocycles. The van der Waals surface area contributed by atoms with E-state index in [2.05, 4.69) is 20.4 Å². The van der Waals surface area contributed by atoms with Crippen molar-refractivity contribution in [2.45, 2.75) is 24.2 Å². The zero-order chi connectivity index (χ0) is 23.8. The summed E-state index contributed by atoms with van der Waals surface area (Å²) in [4.78, 5) is 28.8. The van der Waals surface area contributed by atoms with Crippen LogP contribution in [0.2, 0.25) is 0 Å². The van der Waals surface area contributed by atoms with Crippen molar-refractivity contribution < 1.29 is 18.7 Å². The van der Waals surface area contributed by atoms with E-state index < -0.39 is 0 Å². The molecule has 0 unspecified atom stereocenters. The van der Waals surface area contributed by atoms with Crippen molar-refractivity contribution >= 4 is 40.0 Å². The van der Waals surface area contributed by atoms with E-state index in [1.807, 2.05) is 42.2 Å². The maximum absolute atomic E-state index is 12.7. The summed E-state index contributed by atoms with van der Waals surface area (Å²) in [5, 5.41) is 12.1. The number of carbonyl (C=O) groups excluding carboxylic acids is 2. The molecule has 1 aliphatic rings. The number of furan rings is 1. The molecule has 0 radical (unpaired) electrons. The fraction of sp³-hybridized carbons (Fsp3) is 0.391. The van der Waals surface area contributed by atoms with E-state index in [4.69, 9.17) is 9.15 Å². The Bertz CT molecular complexity index is 1060. The molecule has 3 heterocycles. The third-order valence-corrected chi connectivity index (χ3v) is 7.37. The van der Waals surface area contributed by atoms with Crippen LogP contribution in [0.1, 0.15) is 18.2 Å². The molecule has 0 bridgehead atoms. The number of nitrogens with zero attached hydrogens (tertiary/aromatic N) is 4. The zero-order valence-corrected chi connectivity index (χ0v) is 20.6. The first-order valence-corrected chi connectivity index (χ1v) is 12.9. The third kappa shape index (κ3) is 6.73. The van der Waals surface area contributed by atoms with E-state index in [0.29, 0.717) is 51.5 Å². The molecule has 0 atom stereocenters. The Morgan fingerprint density at radius 3 is 2.65 bits per heavy atom. The summed E-state index contributed by atoms with van der Waals surface area (Å²) in [7, 11) is 0. The molecule has 180 valence electrons. The molecule has 2 aromatic heterocycles. The number of thioether (sulfide) groups is 1. The Morgan fingerprint density at radius 2 is 1.94 bits per heavy atom. The van der Waals surface area contributed by atoms with Crippen LogP contribution in [0.15, 0.2) is 51.4 Å². The number of hydrogen-bond acceptors (Lipinski definition) is 9. The fourth-order valence-corrected chi connectivity index (χ4v) is 5.19. The quantitative estimate of drug-likeness (QED) is 0.423. The van der Waals surface area contributed by atoms with Crippen molar-refractivity contribution in [3.63, 3.8) is 0 Å².